The van der Waals surface area contributed by atoms with Crippen LogP contribution in [-0.4, -0.2) is 16.9 Å². The van der Waals surface area contributed by atoms with E-state index < -0.39 is 11.4 Å². The van der Waals surface area contributed by atoms with Crippen molar-refractivity contribution < 1.29 is 19.4 Å². The van der Waals surface area contributed by atoms with Gasteiger partial charge in [0.05, 0.1) is 10.6 Å². The number of rotatable bonds is 5. The first kappa shape index (κ1) is 21.4. The first-order valence-electron chi connectivity index (χ1n) is 9.78. The maximum atomic E-state index is 12.6. The third-order valence-electron chi connectivity index (χ3n) is 5.52. The molecule has 1 N–H and O–H groups in total. The molecule has 0 heterocycles. The highest BCUT2D eigenvalue weighted by Crippen LogP contribution is 2.46. The molecule has 3 aromatic carbocycles. The highest BCUT2D eigenvalue weighted by Gasteiger charge is 2.40. The molecule has 0 unspecified atom stereocenters. The van der Waals surface area contributed by atoms with Crippen LogP contribution in [0.5, 0.6) is 5.75 Å². The lowest BCUT2D eigenvalue weighted by Crippen LogP contribution is -2.19. The van der Waals surface area contributed by atoms with Gasteiger partial charge in [-0.05, 0) is 52.9 Å². The second-order valence-corrected chi connectivity index (χ2v) is 9.05. The number of carbonyl (C=O) groups excluding carboxylic acids is 1. The fourth-order valence-corrected chi connectivity index (χ4v) is 4.35. The van der Waals surface area contributed by atoms with Gasteiger partial charge < -0.3 is 9.84 Å². The van der Waals surface area contributed by atoms with Crippen LogP contribution in [0.2, 0.25) is 10.0 Å². The number of carboxylic acid groups (broad SMARTS) is 1. The van der Waals surface area contributed by atoms with E-state index in [4.69, 9.17) is 33.0 Å². The number of ether oxygens (including phenoxy) is 1. The zero-order valence-corrected chi connectivity index (χ0v) is 18.6. The second kappa shape index (κ2) is 8.03. The van der Waals surface area contributed by atoms with Gasteiger partial charge in [0.1, 0.15) is 17.4 Å². The number of halogens is 2. The van der Waals surface area contributed by atoms with E-state index in [2.05, 4.69) is 0 Å². The summed E-state index contributed by atoms with van der Waals surface area (Å²) in [5.74, 6) is -0.502. The summed E-state index contributed by atoms with van der Waals surface area (Å²) in [5.41, 5.74) is 3.87. The van der Waals surface area contributed by atoms with E-state index >= 15 is 0 Å². The minimum Gasteiger partial charge on any atom is -0.487 e. The highest BCUT2D eigenvalue weighted by molar-refractivity contribution is 6.45. The van der Waals surface area contributed by atoms with Gasteiger partial charge in [-0.25, -0.2) is 4.79 Å². The number of benzene rings is 3. The Balaban J connectivity index is 1.56. The molecule has 1 aliphatic rings. The summed E-state index contributed by atoms with van der Waals surface area (Å²) in [6, 6.07) is 16.3. The van der Waals surface area contributed by atoms with Crippen molar-refractivity contribution >= 4 is 35.0 Å². The molecule has 0 bridgehead atoms. The van der Waals surface area contributed by atoms with Gasteiger partial charge in [0.2, 0.25) is 0 Å². The van der Waals surface area contributed by atoms with Gasteiger partial charge in [-0.1, -0.05) is 67.4 Å². The Kier molecular flexibility index (Phi) is 5.54. The third-order valence-corrected chi connectivity index (χ3v) is 6.37. The predicted molar refractivity (Wildman–Crippen MR) is 121 cm³/mol. The summed E-state index contributed by atoms with van der Waals surface area (Å²) in [6.45, 7) is 4.07. The van der Waals surface area contributed by atoms with Crippen molar-refractivity contribution in [3.8, 4) is 16.9 Å². The lowest BCUT2D eigenvalue weighted by atomic mass is 9.89. The Morgan fingerprint density at radius 3 is 2.42 bits per heavy atom. The highest BCUT2D eigenvalue weighted by atomic mass is 35.5. The van der Waals surface area contributed by atoms with Gasteiger partial charge in [0, 0.05) is 11.0 Å². The molecule has 0 spiro atoms. The maximum absolute atomic E-state index is 12.6. The average Bonchev–Trinajstić information content (AvgIpc) is 2.98. The minimum absolute atomic E-state index is 0.00238. The van der Waals surface area contributed by atoms with Crippen molar-refractivity contribution in [1.29, 1.82) is 0 Å². The molecule has 0 saturated heterocycles. The smallest absolute Gasteiger partial charge is 0.335 e. The molecule has 31 heavy (non-hydrogen) atoms. The Hall–Kier alpha value is -2.82. The van der Waals surface area contributed by atoms with E-state index in [1.807, 2.05) is 44.2 Å². The molecule has 0 aromatic heterocycles. The van der Waals surface area contributed by atoms with Gasteiger partial charge in [-0.3, -0.25) is 4.79 Å². The van der Waals surface area contributed by atoms with E-state index in [9.17, 15) is 9.59 Å². The number of carbonyl (C=O) groups is 2. The van der Waals surface area contributed by atoms with Crippen molar-refractivity contribution in [3.63, 3.8) is 0 Å². The van der Waals surface area contributed by atoms with Crippen LogP contribution in [0.1, 0.15) is 45.7 Å². The molecule has 4 rings (SSSR count). The number of aromatic carboxylic acids is 1. The minimum atomic E-state index is -0.955. The quantitative estimate of drug-likeness (QED) is 0.465. The molecule has 0 saturated carbocycles. The van der Waals surface area contributed by atoms with Gasteiger partial charge in [0.15, 0.2) is 5.78 Å². The van der Waals surface area contributed by atoms with Crippen LogP contribution >= 0.6 is 23.2 Å². The Labute approximate surface area is 190 Å². The predicted octanol–water partition coefficient (Wildman–Crippen LogP) is 6.70. The lowest BCUT2D eigenvalue weighted by Gasteiger charge is -2.13. The number of ketones is 1. The van der Waals surface area contributed by atoms with Gasteiger partial charge in [-0.15, -0.1) is 0 Å². The first-order valence-corrected chi connectivity index (χ1v) is 10.5. The maximum Gasteiger partial charge on any atom is 0.335 e. The fraction of sp³-hybridized carbons (Fsp3) is 0.200. The van der Waals surface area contributed by atoms with Crippen molar-refractivity contribution in [3.05, 3.63) is 86.9 Å². The van der Waals surface area contributed by atoms with Crippen LogP contribution < -0.4 is 4.74 Å². The second-order valence-electron chi connectivity index (χ2n) is 8.30. The van der Waals surface area contributed by atoms with Crippen LogP contribution in [0.4, 0.5) is 0 Å². The van der Waals surface area contributed by atoms with E-state index in [0.717, 1.165) is 22.3 Å². The van der Waals surface area contributed by atoms with E-state index in [1.54, 1.807) is 24.3 Å². The van der Waals surface area contributed by atoms with Gasteiger partial charge in [0.25, 0.3) is 0 Å². The number of Topliss-reactive ketones (excluding diaryl/α,β-unsaturated/α-hetero) is 1. The van der Waals surface area contributed by atoms with Crippen molar-refractivity contribution in [1.82, 2.24) is 0 Å². The molecular formula is C25H20Cl2O4. The van der Waals surface area contributed by atoms with Crippen molar-refractivity contribution in [2.24, 2.45) is 5.41 Å². The summed E-state index contributed by atoms with van der Waals surface area (Å²) in [4.78, 5) is 23.6. The molecule has 0 radical (unpaired) electrons. The first-order chi connectivity index (χ1) is 14.7. The van der Waals surface area contributed by atoms with Crippen LogP contribution in [0.3, 0.4) is 0 Å². The van der Waals surface area contributed by atoms with Crippen LogP contribution in [0.25, 0.3) is 11.1 Å². The fourth-order valence-electron chi connectivity index (χ4n) is 3.84. The molecule has 0 amide bonds. The lowest BCUT2D eigenvalue weighted by molar-refractivity contribution is 0.0696. The summed E-state index contributed by atoms with van der Waals surface area (Å²) in [5, 5.41) is 9.55. The van der Waals surface area contributed by atoms with Crippen molar-refractivity contribution in [2.75, 3.05) is 0 Å². The zero-order chi connectivity index (χ0) is 22.3. The Bertz CT molecular complexity index is 1200. The molecule has 6 heteroatoms. The Morgan fingerprint density at radius 1 is 1.03 bits per heavy atom. The molecule has 158 valence electrons. The van der Waals surface area contributed by atoms with Crippen LogP contribution in [0, 0.1) is 5.41 Å². The van der Waals surface area contributed by atoms with Gasteiger partial charge in [-0.2, -0.15) is 0 Å². The van der Waals surface area contributed by atoms with E-state index in [1.165, 1.54) is 0 Å². The average molecular weight is 455 g/mol. The van der Waals surface area contributed by atoms with Crippen LogP contribution in [0.15, 0.2) is 54.6 Å². The number of hydrogen-bond donors (Lipinski definition) is 1. The largest absolute Gasteiger partial charge is 0.487 e. The van der Waals surface area contributed by atoms with E-state index in [0.29, 0.717) is 17.7 Å². The molecule has 1 aliphatic carbocycles. The molecule has 0 aliphatic heterocycles. The zero-order valence-electron chi connectivity index (χ0n) is 17.0. The summed E-state index contributed by atoms with van der Waals surface area (Å²) in [7, 11) is 0. The summed E-state index contributed by atoms with van der Waals surface area (Å²) >= 11 is 12.8. The molecule has 0 fully saturated rings. The molecular weight excluding hydrogens is 435 g/mol. The normalized spacial score (nSPS) is 14.4. The van der Waals surface area contributed by atoms with Gasteiger partial charge >= 0.3 is 5.97 Å². The Morgan fingerprint density at radius 2 is 1.74 bits per heavy atom. The topological polar surface area (TPSA) is 63.6 Å². The monoisotopic (exact) mass is 454 g/mol. The van der Waals surface area contributed by atoms with Crippen LogP contribution in [-0.2, 0) is 13.0 Å². The number of carboxylic acids is 1. The van der Waals surface area contributed by atoms with E-state index in [-0.39, 0.29) is 28.0 Å². The summed E-state index contributed by atoms with van der Waals surface area (Å²) in [6.07, 6.45) is 0.593. The van der Waals surface area contributed by atoms with Crippen molar-refractivity contribution in [2.45, 2.75) is 26.9 Å². The standard InChI is InChI=1S/C25H20Cl2O4/c1-25(2)12-18-11-19(21(26)22(27)20(18)23(25)28)31-13-14-4-3-5-17(10-14)15-6-8-16(9-7-15)24(29)30/h3-11H,12-13H2,1-2H3,(H,29,30). The number of hydrogen-bond acceptors (Lipinski definition) is 3. The number of fused-ring (bicyclic) bond motifs is 1. The molecule has 4 nitrogen and oxygen atoms in total. The molecule has 3 aromatic rings. The summed E-state index contributed by atoms with van der Waals surface area (Å²) < 4.78 is 5.97. The SMILES string of the molecule is CC1(C)Cc2cc(OCc3cccc(-c4ccc(C(=O)O)cc4)c3)c(Cl)c(Cl)c2C1=O. The third kappa shape index (κ3) is 4.06. The molecule has 0 atom stereocenters.